The van der Waals surface area contributed by atoms with E-state index in [0.717, 1.165) is 43.2 Å². The Hall–Kier alpha value is -2.87. The first kappa shape index (κ1) is 21.4. The van der Waals surface area contributed by atoms with Gasteiger partial charge in [0.15, 0.2) is 11.4 Å². The summed E-state index contributed by atoms with van der Waals surface area (Å²) in [4.78, 5) is 27.0. The number of aromatic nitrogens is 2. The van der Waals surface area contributed by atoms with Gasteiger partial charge in [0.2, 0.25) is 0 Å². The Bertz CT molecular complexity index is 846. The van der Waals surface area contributed by atoms with Gasteiger partial charge in [-0.2, -0.15) is 9.78 Å². The van der Waals surface area contributed by atoms with Crippen molar-refractivity contribution in [2.24, 2.45) is 0 Å². The highest BCUT2D eigenvalue weighted by molar-refractivity contribution is 5.94. The molecule has 28 heavy (non-hydrogen) atoms. The fraction of sp³-hybridized carbons (Fsp3) is 0.450. The van der Waals surface area contributed by atoms with Gasteiger partial charge in [0, 0.05) is 12.6 Å². The van der Waals surface area contributed by atoms with Gasteiger partial charge in [-0.3, -0.25) is 9.59 Å². The molecule has 2 rings (SSSR count). The van der Waals surface area contributed by atoms with Crippen molar-refractivity contribution in [2.45, 2.75) is 26.7 Å². The number of hydrogen-bond donors (Lipinski definition) is 2. The van der Waals surface area contributed by atoms with Gasteiger partial charge in [0.05, 0.1) is 7.11 Å². The molecule has 0 unspecified atom stereocenters. The highest BCUT2D eigenvalue weighted by atomic mass is 16.5. The van der Waals surface area contributed by atoms with Crippen LogP contribution in [0.4, 0.5) is 0 Å². The van der Waals surface area contributed by atoms with Gasteiger partial charge >= 0.3 is 0 Å². The minimum absolute atomic E-state index is 0.200. The van der Waals surface area contributed by atoms with Crippen molar-refractivity contribution < 1.29 is 14.6 Å². The Morgan fingerprint density at radius 1 is 1.25 bits per heavy atom. The molecule has 0 radical (unpaired) electrons. The minimum atomic E-state index is -0.558. The third-order valence-corrected chi connectivity index (χ3v) is 4.52. The lowest BCUT2D eigenvalue weighted by molar-refractivity contribution is 0.0942. The average Bonchev–Trinajstić information content (AvgIpc) is 2.70. The molecule has 0 fully saturated rings. The minimum Gasteiger partial charge on any atom is -0.505 e. The van der Waals surface area contributed by atoms with Gasteiger partial charge in [-0.25, -0.2) is 0 Å². The van der Waals surface area contributed by atoms with Crippen LogP contribution in [0.2, 0.25) is 0 Å². The van der Waals surface area contributed by atoms with Gasteiger partial charge in [-0.15, -0.1) is 0 Å². The van der Waals surface area contributed by atoms with Gasteiger partial charge in [-0.1, -0.05) is 26.0 Å². The maximum atomic E-state index is 12.4. The largest absolute Gasteiger partial charge is 0.505 e. The molecule has 0 bridgehead atoms. The first-order chi connectivity index (χ1) is 13.5. The number of ether oxygens (including phenoxy) is 1. The van der Waals surface area contributed by atoms with E-state index in [1.54, 1.807) is 24.3 Å². The second-order valence-electron chi connectivity index (χ2n) is 6.29. The standard InChI is InChI=1S/C20H28N4O4/c1-4-23(5-2)13-9-8-12-21-20(27)19-16(25)14-18(26)24(22-19)15-10-6-7-11-17(15)28-3/h6-7,10-11,14,25H,4-5,8-9,12-13H2,1-3H3,(H,21,27). The van der Waals surface area contributed by atoms with Gasteiger partial charge < -0.3 is 20.1 Å². The van der Waals surface area contributed by atoms with Crippen molar-refractivity contribution in [3.8, 4) is 17.2 Å². The van der Waals surface area contributed by atoms with Crippen molar-refractivity contribution in [1.29, 1.82) is 0 Å². The molecule has 1 aromatic carbocycles. The van der Waals surface area contributed by atoms with Crippen molar-refractivity contribution in [3.63, 3.8) is 0 Å². The summed E-state index contributed by atoms with van der Waals surface area (Å²) < 4.78 is 6.30. The van der Waals surface area contributed by atoms with Crippen LogP contribution in [-0.2, 0) is 0 Å². The summed E-state index contributed by atoms with van der Waals surface area (Å²) in [6, 6.07) is 7.81. The summed E-state index contributed by atoms with van der Waals surface area (Å²) >= 11 is 0. The molecule has 152 valence electrons. The predicted octanol–water partition coefficient (Wildman–Crippen LogP) is 1.80. The quantitative estimate of drug-likeness (QED) is 0.603. The Morgan fingerprint density at radius 2 is 1.96 bits per heavy atom. The highest BCUT2D eigenvalue weighted by Gasteiger charge is 2.18. The Morgan fingerprint density at radius 3 is 2.64 bits per heavy atom. The maximum absolute atomic E-state index is 12.4. The molecule has 0 saturated carbocycles. The number of amides is 1. The first-order valence-corrected chi connectivity index (χ1v) is 9.49. The maximum Gasteiger partial charge on any atom is 0.275 e. The highest BCUT2D eigenvalue weighted by Crippen LogP contribution is 2.21. The van der Waals surface area contributed by atoms with Crippen LogP contribution < -0.4 is 15.6 Å². The molecule has 8 nitrogen and oxygen atoms in total. The number of para-hydroxylation sites is 2. The lowest BCUT2D eigenvalue weighted by Gasteiger charge is -2.17. The van der Waals surface area contributed by atoms with Crippen molar-refractivity contribution in [3.05, 3.63) is 46.4 Å². The molecule has 1 heterocycles. The zero-order valence-electron chi connectivity index (χ0n) is 16.6. The van der Waals surface area contributed by atoms with Crippen LogP contribution in [0, 0.1) is 0 Å². The van der Waals surface area contributed by atoms with Crippen LogP contribution in [0.1, 0.15) is 37.2 Å². The Labute approximate surface area is 164 Å². The van der Waals surface area contributed by atoms with E-state index in [0.29, 0.717) is 18.0 Å². The lowest BCUT2D eigenvalue weighted by atomic mass is 10.2. The molecule has 1 amide bonds. The number of carbonyl (C=O) groups excluding carboxylic acids is 1. The summed E-state index contributed by atoms with van der Waals surface area (Å²) in [7, 11) is 1.48. The lowest BCUT2D eigenvalue weighted by Crippen LogP contribution is -2.30. The van der Waals surface area contributed by atoms with E-state index >= 15 is 0 Å². The molecule has 0 aliphatic rings. The van der Waals surface area contributed by atoms with Crippen LogP contribution >= 0.6 is 0 Å². The van der Waals surface area contributed by atoms with E-state index in [4.69, 9.17) is 4.74 Å². The van der Waals surface area contributed by atoms with E-state index in [2.05, 4.69) is 29.2 Å². The molecular formula is C20H28N4O4. The summed E-state index contributed by atoms with van der Waals surface area (Å²) in [5.41, 5.74) is -0.365. The van der Waals surface area contributed by atoms with E-state index in [1.165, 1.54) is 7.11 Å². The number of hydrogen-bond acceptors (Lipinski definition) is 6. The number of carbonyl (C=O) groups is 1. The number of nitrogens with zero attached hydrogens (tertiary/aromatic N) is 3. The molecule has 8 heteroatoms. The molecule has 0 spiro atoms. The van der Waals surface area contributed by atoms with E-state index in [1.807, 2.05) is 0 Å². The number of methoxy groups -OCH3 is 1. The van der Waals surface area contributed by atoms with Crippen LogP contribution in [0.15, 0.2) is 35.1 Å². The molecule has 2 aromatic rings. The second-order valence-corrected chi connectivity index (χ2v) is 6.29. The molecule has 0 aliphatic heterocycles. The number of benzene rings is 1. The van der Waals surface area contributed by atoms with E-state index in [-0.39, 0.29) is 5.69 Å². The average molecular weight is 388 g/mol. The Kier molecular flexibility index (Phi) is 8.01. The zero-order chi connectivity index (χ0) is 20.5. The number of rotatable bonds is 10. The van der Waals surface area contributed by atoms with Gasteiger partial charge in [-0.05, 0) is 44.6 Å². The van der Waals surface area contributed by atoms with E-state index in [9.17, 15) is 14.7 Å². The number of unbranched alkanes of at least 4 members (excludes halogenated alkanes) is 1. The van der Waals surface area contributed by atoms with Crippen LogP contribution in [0.25, 0.3) is 5.69 Å². The second kappa shape index (κ2) is 10.5. The molecule has 0 aliphatic carbocycles. The summed E-state index contributed by atoms with van der Waals surface area (Å²) in [6.07, 6.45) is 1.78. The molecular weight excluding hydrogens is 360 g/mol. The fourth-order valence-electron chi connectivity index (χ4n) is 2.87. The summed E-state index contributed by atoms with van der Waals surface area (Å²) in [5.74, 6) is -0.536. The molecule has 0 atom stereocenters. The topological polar surface area (TPSA) is 96.7 Å². The van der Waals surface area contributed by atoms with Crippen LogP contribution in [0.3, 0.4) is 0 Å². The number of aromatic hydroxyl groups is 1. The normalized spacial score (nSPS) is 10.9. The zero-order valence-corrected chi connectivity index (χ0v) is 16.6. The van der Waals surface area contributed by atoms with Crippen molar-refractivity contribution in [2.75, 3.05) is 33.3 Å². The first-order valence-electron chi connectivity index (χ1n) is 9.49. The number of nitrogens with one attached hydrogen (secondary N) is 1. The van der Waals surface area contributed by atoms with Gasteiger partial charge in [0.1, 0.15) is 11.4 Å². The Balaban J connectivity index is 2.09. The van der Waals surface area contributed by atoms with Crippen LogP contribution in [-0.4, -0.2) is 59.0 Å². The predicted molar refractivity (Wildman–Crippen MR) is 107 cm³/mol. The monoisotopic (exact) mass is 388 g/mol. The van der Waals surface area contributed by atoms with E-state index < -0.39 is 17.2 Å². The molecule has 2 N–H and O–H groups in total. The molecule has 1 aromatic heterocycles. The third-order valence-electron chi connectivity index (χ3n) is 4.52. The van der Waals surface area contributed by atoms with Crippen LogP contribution in [0.5, 0.6) is 11.5 Å². The SMILES string of the molecule is CCN(CC)CCCCNC(=O)c1nn(-c2ccccc2OC)c(=O)cc1O. The molecule has 0 saturated heterocycles. The fourth-order valence-corrected chi connectivity index (χ4v) is 2.87. The summed E-state index contributed by atoms with van der Waals surface area (Å²) in [6.45, 7) is 7.70. The van der Waals surface area contributed by atoms with Crippen molar-refractivity contribution in [1.82, 2.24) is 20.0 Å². The summed E-state index contributed by atoms with van der Waals surface area (Å²) in [5, 5.41) is 16.8. The van der Waals surface area contributed by atoms with Gasteiger partial charge in [0.25, 0.3) is 11.5 Å². The third kappa shape index (κ3) is 5.32. The van der Waals surface area contributed by atoms with Crippen molar-refractivity contribution >= 4 is 5.91 Å². The smallest absolute Gasteiger partial charge is 0.275 e.